The Morgan fingerprint density at radius 3 is 2.41 bits per heavy atom. The van der Waals surface area contributed by atoms with Gasteiger partial charge in [-0.3, -0.25) is 5.32 Å². The second kappa shape index (κ2) is 10.2. The summed E-state index contributed by atoms with van der Waals surface area (Å²) in [7, 11) is 0. The average Bonchev–Trinajstić information content (AvgIpc) is 2.62. The number of guanidine groups is 2. The monoisotopic (exact) mass is 383 g/mol. The Morgan fingerprint density at radius 2 is 1.74 bits per heavy atom. The number of nitrogens with one attached hydrogen (secondary N) is 2. The highest BCUT2D eigenvalue weighted by Gasteiger charge is 2.29. The number of halogens is 3. The lowest BCUT2D eigenvalue weighted by Crippen LogP contribution is -2.53. The second-order valence-corrected chi connectivity index (χ2v) is 6.72. The molecule has 0 amide bonds. The van der Waals surface area contributed by atoms with Gasteiger partial charge < -0.3 is 11.1 Å². The van der Waals surface area contributed by atoms with Crippen LogP contribution in [0.5, 0.6) is 0 Å². The molecule has 150 valence electrons. The van der Waals surface area contributed by atoms with E-state index in [1.54, 1.807) is 0 Å². The molecule has 0 fully saturated rings. The lowest BCUT2D eigenvalue weighted by molar-refractivity contribution is -0.137. The first-order valence-electron chi connectivity index (χ1n) is 9.46. The Kier molecular flexibility index (Phi) is 7.94. The second-order valence-electron chi connectivity index (χ2n) is 6.72. The van der Waals surface area contributed by atoms with Crippen LogP contribution in [0.1, 0.15) is 63.0 Å². The van der Waals surface area contributed by atoms with E-state index >= 15 is 0 Å². The van der Waals surface area contributed by atoms with Gasteiger partial charge in [-0.15, -0.1) is 0 Å². The molecular weight excluding hydrogens is 355 g/mol. The molecule has 2 rings (SSSR count). The number of aliphatic imine (C=N–C) groups is 2. The predicted molar refractivity (Wildman–Crippen MR) is 102 cm³/mol. The van der Waals surface area contributed by atoms with Crippen molar-refractivity contribution in [3.05, 3.63) is 35.4 Å². The molecule has 0 spiro atoms. The van der Waals surface area contributed by atoms with Gasteiger partial charge in [0, 0.05) is 0 Å². The van der Waals surface area contributed by atoms with Crippen molar-refractivity contribution in [1.29, 1.82) is 0 Å². The van der Waals surface area contributed by atoms with E-state index in [1.165, 1.54) is 44.2 Å². The third kappa shape index (κ3) is 7.48. The van der Waals surface area contributed by atoms with Crippen molar-refractivity contribution in [3.63, 3.8) is 0 Å². The van der Waals surface area contributed by atoms with Crippen LogP contribution in [-0.2, 0) is 12.7 Å². The first kappa shape index (κ1) is 21.1. The minimum absolute atomic E-state index is 0.121. The van der Waals surface area contributed by atoms with Crippen molar-refractivity contribution >= 4 is 11.9 Å². The van der Waals surface area contributed by atoms with Gasteiger partial charge in [0.2, 0.25) is 0 Å². The summed E-state index contributed by atoms with van der Waals surface area (Å²) in [6, 6.07) is 4.99. The third-order valence-electron chi connectivity index (χ3n) is 4.38. The molecule has 0 aromatic heterocycles. The van der Waals surface area contributed by atoms with Gasteiger partial charge in [-0.25, -0.2) is 9.98 Å². The van der Waals surface area contributed by atoms with Gasteiger partial charge in [0.1, 0.15) is 6.17 Å². The molecule has 5 nitrogen and oxygen atoms in total. The molecule has 1 unspecified atom stereocenters. The van der Waals surface area contributed by atoms with Gasteiger partial charge in [-0.2, -0.15) is 13.2 Å². The summed E-state index contributed by atoms with van der Waals surface area (Å²) in [4.78, 5) is 8.69. The molecule has 1 heterocycles. The molecule has 1 aromatic carbocycles. The zero-order valence-electron chi connectivity index (χ0n) is 15.6. The maximum atomic E-state index is 12.6. The number of unbranched alkanes of at least 4 members (excludes halogenated alkanes) is 5. The molecule has 1 aromatic rings. The van der Waals surface area contributed by atoms with Gasteiger partial charge in [0.25, 0.3) is 0 Å². The van der Waals surface area contributed by atoms with E-state index in [9.17, 15) is 13.2 Å². The maximum Gasteiger partial charge on any atom is 0.416 e. The summed E-state index contributed by atoms with van der Waals surface area (Å²) in [6.45, 7) is 2.45. The van der Waals surface area contributed by atoms with E-state index in [-0.39, 0.29) is 12.7 Å². The smallest absolute Gasteiger partial charge is 0.370 e. The highest BCUT2D eigenvalue weighted by Crippen LogP contribution is 2.29. The zero-order valence-corrected chi connectivity index (χ0v) is 15.6. The molecule has 4 N–H and O–H groups in total. The number of hydrogen-bond donors (Lipinski definition) is 3. The first-order chi connectivity index (χ1) is 12.9. The van der Waals surface area contributed by atoms with Crippen LogP contribution >= 0.6 is 0 Å². The first-order valence-corrected chi connectivity index (χ1v) is 9.46. The van der Waals surface area contributed by atoms with Crippen LogP contribution in [0.4, 0.5) is 13.2 Å². The summed E-state index contributed by atoms with van der Waals surface area (Å²) in [6.07, 6.45) is 3.65. The maximum absolute atomic E-state index is 12.6. The minimum Gasteiger partial charge on any atom is -0.370 e. The van der Waals surface area contributed by atoms with E-state index in [1.807, 2.05) is 0 Å². The molecule has 1 aliphatic heterocycles. The fraction of sp³-hybridized carbons (Fsp3) is 0.579. The number of rotatable bonds is 9. The van der Waals surface area contributed by atoms with Crippen molar-refractivity contribution in [2.24, 2.45) is 15.7 Å². The van der Waals surface area contributed by atoms with Gasteiger partial charge in [0.05, 0.1) is 12.1 Å². The quantitative estimate of drug-likeness (QED) is 0.561. The van der Waals surface area contributed by atoms with Gasteiger partial charge in [0.15, 0.2) is 11.9 Å². The van der Waals surface area contributed by atoms with Crippen LogP contribution in [-0.4, -0.2) is 18.1 Å². The fourth-order valence-electron chi connectivity index (χ4n) is 2.86. The number of nitrogens with zero attached hydrogens (tertiary/aromatic N) is 2. The molecule has 0 saturated heterocycles. The van der Waals surface area contributed by atoms with E-state index in [0.29, 0.717) is 17.5 Å². The van der Waals surface area contributed by atoms with Crippen LogP contribution < -0.4 is 16.4 Å². The Hall–Kier alpha value is -2.25. The Labute approximate surface area is 158 Å². The Morgan fingerprint density at radius 1 is 1.07 bits per heavy atom. The molecular formula is C19H28F3N5. The highest BCUT2D eigenvalue weighted by molar-refractivity contribution is 5.99. The molecule has 8 heteroatoms. The van der Waals surface area contributed by atoms with Crippen LogP contribution in [0.25, 0.3) is 0 Å². The molecule has 0 aliphatic carbocycles. The van der Waals surface area contributed by atoms with Gasteiger partial charge in [-0.05, 0) is 30.5 Å². The van der Waals surface area contributed by atoms with Crippen LogP contribution in [0.2, 0.25) is 0 Å². The molecule has 1 aliphatic rings. The van der Waals surface area contributed by atoms with Crippen LogP contribution in [0.3, 0.4) is 0 Å². The zero-order chi connectivity index (χ0) is 19.7. The molecule has 27 heavy (non-hydrogen) atoms. The highest BCUT2D eigenvalue weighted by atomic mass is 19.4. The predicted octanol–water partition coefficient (Wildman–Crippen LogP) is 4.15. The number of benzene rings is 1. The summed E-state index contributed by atoms with van der Waals surface area (Å²) in [5.74, 6) is 0.800. The van der Waals surface area contributed by atoms with Crippen molar-refractivity contribution in [1.82, 2.24) is 10.6 Å². The fourth-order valence-corrected chi connectivity index (χ4v) is 2.86. The van der Waals surface area contributed by atoms with Gasteiger partial charge in [-0.1, -0.05) is 51.2 Å². The van der Waals surface area contributed by atoms with Crippen LogP contribution in [0.15, 0.2) is 34.3 Å². The lowest BCUT2D eigenvalue weighted by atomic mass is 10.1. The largest absolute Gasteiger partial charge is 0.416 e. The molecule has 1 atom stereocenters. The van der Waals surface area contributed by atoms with Gasteiger partial charge >= 0.3 is 6.18 Å². The SMILES string of the molecule is CCCCCCCCC1N=C(N)NC(=NCc2ccc(C(F)(F)F)cc2)N1. The lowest BCUT2D eigenvalue weighted by Gasteiger charge is -2.24. The summed E-state index contributed by atoms with van der Waals surface area (Å²) in [5, 5.41) is 6.04. The van der Waals surface area contributed by atoms with Crippen molar-refractivity contribution in [3.8, 4) is 0 Å². The van der Waals surface area contributed by atoms with Crippen molar-refractivity contribution in [2.45, 2.75) is 70.8 Å². The van der Waals surface area contributed by atoms with E-state index in [4.69, 9.17) is 5.73 Å². The summed E-state index contributed by atoms with van der Waals surface area (Å²) >= 11 is 0. The van der Waals surface area contributed by atoms with E-state index in [2.05, 4.69) is 27.5 Å². The standard InChI is InChI=1S/C19H28F3N5/c1-2-3-4-5-6-7-8-16-25-17(23)27-18(26-16)24-13-14-9-11-15(12-10-14)19(20,21)22/h9-12,16H,2-8,13H2,1H3,(H4,23,24,25,26,27). The van der Waals surface area contributed by atoms with Crippen molar-refractivity contribution in [2.75, 3.05) is 0 Å². The van der Waals surface area contributed by atoms with E-state index < -0.39 is 11.7 Å². The molecule has 0 bridgehead atoms. The Balaban J connectivity index is 1.82. The Bertz CT molecular complexity index is 638. The minimum atomic E-state index is -4.33. The molecule has 0 radical (unpaired) electrons. The summed E-state index contributed by atoms with van der Waals surface area (Å²) < 4.78 is 37.8. The number of hydrogen-bond acceptors (Lipinski definition) is 3. The number of alkyl halides is 3. The van der Waals surface area contributed by atoms with E-state index in [0.717, 1.165) is 25.0 Å². The molecule has 0 saturated carbocycles. The number of nitrogens with two attached hydrogens (primary N) is 1. The van der Waals surface area contributed by atoms with Crippen molar-refractivity contribution < 1.29 is 13.2 Å². The summed E-state index contributed by atoms with van der Waals surface area (Å²) in [5.41, 5.74) is 5.84. The van der Waals surface area contributed by atoms with Crippen LogP contribution in [0, 0.1) is 0 Å². The average molecular weight is 383 g/mol. The topological polar surface area (TPSA) is 74.8 Å². The third-order valence-corrected chi connectivity index (χ3v) is 4.38. The normalized spacial score (nSPS) is 18.7.